The maximum atomic E-state index is 4.92. The molecule has 0 N–H and O–H groups in total. The highest BCUT2D eigenvalue weighted by Crippen LogP contribution is 2.41. The number of rotatable bonds is 9. The molecule has 0 spiro atoms. The average Bonchev–Trinajstić information content (AvgIpc) is 3.47. The summed E-state index contributed by atoms with van der Waals surface area (Å²) in [4.78, 5) is 39.7. The van der Waals surface area contributed by atoms with Crippen LogP contribution < -0.4 is 0 Å². The molecule has 9 heterocycles. The lowest BCUT2D eigenvalue weighted by atomic mass is 9.89. The second-order valence-corrected chi connectivity index (χ2v) is 18.3. The molecule has 0 bridgehead atoms. The lowest BCUT2D eigenvalue weighted by molar-refractivity contribution is 0.507. The average molecular weight is 938 g/mol. The molecule has 13 rings (SSSR count). The summed E-state index contributed by atoms with van der Waals surface area (Å²) in [6, 6.07) is 53.1. The van der Waals surface area contributed by atoms with Crippen molar-refractivity contribution in [2.45, 2.75) is 0 Å². The van der Waals surface area contributed by atoms with Crippen LogP contribution in [-0.4, -0.2) is 58.4 Å². The fourth-order valence-electron chi connectivity index (χ4n) is 9.76. The summed E-state index contributed by atoms with van der Waals surface area (Å²) in [5.41, 5.74) is 17.5. The first-order valence-corrected chi connectivity index (χ1v) is 24.2. The first-order valence-electron chi connectivity index (χ1n) is 24.2. The molecule has 0 fully saturated rings. The monoisotopic (exact) mass is 937 g/mol. The van der Waals surface area contributed by atoms with Crippen LogP contribution in [0.25, 0.3) is 128 Å². The third kappa shape index (κ3) is 8.44. The van der Waals surface area contributed by atoms with Crippen molar-refractivity contribution in [3.8, 4) is 89.8 Å². The molecule has 73 heavy (non-hydrogen) atoms. The van der Waals surface area contributed by atoms with Crippen molar-refractivity contribution in [1.29, 1.82) is 0 Å². The third-order valence-electron chi connectivity index (χ3n) is 13.7. The predicted octanol–water partition coefficient (Wildman–Crippen LogP) is 14.5. The number of hydrogen-bond donors (Lipinski definition) is 0. The van der Waals surface area contributed by atoms with Crippen LogP contribution in [0, 0.1) is 0 Å². The molecule has 0 radical (unpaired) electrons. The van der Waals surface area contributed by atoms with Crippen molar-refractivity contribution >= 4 is 37.9 Å². The molecule has 0 saturated carbocycles. The van der Waals surface area contributed by atoms with Gasteiger partial charge in [-0.2, -0.15) is 0 Å². The van der Waals surface area contributed by atoms with E-state index in [1.807, 2.05) is 104 Å². The van der Waals surface area contributed by atoms with Crippen molar-refractivity contribution in [2.24, 2.45) is 0 Å². The molecule has 9 nitrogen and oxygen atoms in total. The van der Waals surface area contributed by atoms with Crippen molar-refractivity contribution in [3.05, 3.63) is 238 Å². The summed E-state index contributed by atoms with van der Waals surface area (Å²) >= 11 is 0. The largest absolute Gasteiger partial charge is 0.376 e. The molecule has 1 aliphatic rings. The topological polar surface area (TPSA) is 106 Å². The fraction of sp³-hybridized carbons (Fsp3) is 0.0312. The number of hydrogen-bond acceptors (Lipinski definition) is 9. The van der Waals surface area contributed by atoms with E-state index in [4.69, 9.17) is 29.9 Å². The molecule has 0 atom stereocenters. The lowest BCUT2D eigenvalue weighted by Crippen LogP contribution is -2.13. The van der Waals surface area contributed by atoms with E-state index in [9.17, 15) is 0 Å². The van der Waals surface area contributed by atoms with Gasteiger partial charge in [0.15, 0.2) is 0 Å². The van der Waals surface area contributed by atoms with Gasteiger partial charge in [0.1, 0.15) is 0 Å². The fourth-order valence-corrected chi connectivity index (χ4v) is 9.76. The van der Waals surface area contributed by atoms with Gasteiger partial charge in [-0.15, -0.1) is 0 Å². The Morgan fingerprint density at radius 1 is 0.315 bits per heavy atom. The zero-order valence-corrected chi connectivity index (χ0v) is 39.7. The second kappa shape index (κ2) is 18.5. The smallest absolute Gasteiger partial charge is 0.0886 e. The Hall–Kier alpha value is -9.86. The van der Waals surface area contributed by atoms with Gasteiger partial charge < -0.3 is 4.90 Å². The molecule has 0 unspecified atom stereocenters. The summed E-state index contributed by atoms with van der Waals surface area (Å²) in [7, 11) is 2.08. The van der Waals surface area contributed by atoms with Gasteiger partial charge in [0, 0.05) is 126 Å². The summed E-state index contributed by atoms with van der Waals surface area (Å²) in [6.45, 7) is 0.909. The summed E-state index contributed by atoms with van der Waals surface area (Å²) < 4.78 is 0. The van der Waals surface area contributed by atoms with E-state index >= 15 is 0 Å². The van der Waals surface area contributed by atoms with E-state index in [-0.39, 0.29) is 0 Å². The van der Waals surface area contributed by atoms with E-state index in [1.165, 1.54) is 10.8 Å². The predicted molar refractivity (Wildman–Crippen MR) is 295 cm³/mol. The van der Waals surface area contributed by atoms with Crippen LogP contribution in [-0.2, 0) is 0 Å². The Balaban J connectivity index is 0.856. The van der Waals surface area contributed by atoms with Crippen LogP contribution in [0.3, 0.4) is 0 Å². The van der Waals surface area contributed by atoms with E-state index in [2.05, 4.69) is 137 Å². The van der Waals surface area contributed by atoms with E-state index in [0.29, 0.717) is 0 Å². The minimum absolute atomic E-state index is 0.811. The SMILES string of the molecule is CN1C=C(c2ccc(-c3ccc(-c4ccc5c(c4)c4ccc(-c6ccc(-c7ccc(-c8cccnc8)cn7)nc6)cc4c4ccc(-c6ccc(-c7ccc(-c8cccnc8)cn7)nc6)cc54)cn3)nc2)C=CC1. The molecule has 344 valence electrons. The molecule has 4 aromatic carbocycles. The Kier molecular flexibility index (Phi) is 10.9. The van der Waals surface area contributed by atoms with Crippen molar-refractivity contribution < 1.29 is 0 Å². The molecular formula is C64H43N9. The van der Waals surface area contributed by atoms with Gasteiger partial charge in [0.25, 0.3) is 0 Å². The van der Waals surface area contributed by atoms with Crippen molar-refractivity contribution in [2.75, 3.05) is 13.6 Å². The van der Waals surface area contributed by atoms with Crippen LogP contribution >= 0.6 is 0 Å². The molecule has 1 aliphatic heterocycles. The zero-order valence-electron chi connectivity index (χ0n) is 39.7. The second-order valence-electron chi connectivity index (χ2n) is 18.3. The van der Waals surface area contributed by atoms with Crippen LogP contribution in [0.2, 0.25) is 0 Å². The number of likely N-dealkylation sites (N-methyl/N-ethyl adjacent to an activating group) is 1. The quantitative estimate of drug-likeness (QED) is 0.131. The maximum absolute atomic E-state index is 4.92. The molecule has 9 heteroatoms. The Morgan fingerprint density at radius 2 is 0.630 bits per heavy atom. The van der Waals surface area contributed by atoms with Crippen molar-refractivity contribution in [3.63, 3.8) is 0 Å². The van der Waals surface area contributed by atoms with Gasteiger partial charge in [-0.1, -0.05) is 97.1 Å². The number of nitrogens with zero attached hydrogens (tertiary/aromatic N) is 9. The summed E-state index contributed by atoms with van der Waals surface area (Å²) in [5.74, 6) is 0. The number of allylic oxidation sites excluding steroid dienone is 2. The Labute approximate surface area is 421 Å². The first-order chi connectivity index (χ1) is 36.0. The number of pyridine rings is 8. The van der Waals surface area contributed by atoms with Crippen LogP contribution in [0.15, 0.2) is 232 Å². The van der Waals surface area contributed by atoms with Crippen molar-refractivity contribution in [1.82, 2.24) is 44.8 Å². The highest BCUT2D eigenvalue weighted by atomic mass is 15.1. The summed E-state index contributed by atoms with van der Waals surface area (Å²) in [6.07, 6.45) is 25.2. The van der Waals surface area contributed by atoms with Gasteiger partial charge in [-0.3, -0.25) is 39.9 Å². The third-order valence-corrected chi connectivity index (χ3v) is 13.7. The van der Waals surface area contributed by atoms with Crippen LogP contribution in [0.1, 0.15) is 5.56 Å². The highest BCUT2D eigenvalue weighted by Gasteiger charge is 2.15. The molecule has 12 aromatic rings. The number of aromatic nitrogens is 8. The number of benzene rings is 4. The lowest BCUT2D eigenvalue weighted by Gasteiger charge is -2.17. The first kappa shape index (κ1) is 43.2. The van der Waals surface area contributed by atoms with Gasteiger partial charge in [-0.25, -0.2) is 0 Å². The minimum Gasteiger partial charge on any atom is -0.376 e. The minimum atomic E-state index is 0.811. The molecule has 0 aliphatic carbocycles. The Morgan fingerprint density at radius 3 is 0.932 bits per heavy atom. The number of fused-ring (bicyclic) bond motifs is 6. The maximum Gasteiger partial charge on any atom is 0.0886 e. The standard InChI is InChI=1S/C64H43N9/c1-73-28-4-7-52(40-73)51-16-25-64(72-39-51)61-22-13-48(36-69-61)43-10-19-55-57-30-41(46-11-20-59(67-34-46)62-23-14-49(37-70-62)44-5-2-26-65-32-44)8-17-53(57)56-29-42(9-18-54(56)58(55)31-43)47-12-21-60(68-35-47)63-24-15-50(38-71-63)45-6-3-27-66-33-45/h2-27,29-40H,28H2,1H3. The molecule has 8 aromatic heterocycles. The van der Waals surface area contributed by atoms with E-state index in [1.54, 1.807) is 12.4 Å². The summed E-state index contributed by atoms with van der Waals surface area (Å²) in [5, 5.41) is 6.97. The van der Waals surface area contributed by atoms with Crippen LogP contribution in [0.5, 0.6) is 0 Å². The van der Waals surface area contributed by atoms with Crippen LogP contribution in [0.4, 0.5) is 0 Å². The molecular weight excluding hydrogens is 895 g/mol. The van der Waals surface area contributed by atoms with Gasteiger partial charge in [-0.05, 0) is 121 Å². The highest BCUT2D eigenvalue weighted by molar-refractivity contribution is 6.26. The van der Waals surface area contributed by atoms with E-state index < -0.39 is 0 Å². The molecule has 0 saturated heterocycles. The van der Waals surface area contributed by atoms with Gasteiger partial charge in [0.2, 0.25) is 0 Å². The van der Waals surface area contributed by atoms with Gasteiger partial charge in [0.05, 0.1) is 34.2 Å². The van der Waals surface area contributed by atoms with E-state index in [0.717, 1.165) is 129 Å². The Bertz CT molecular complexity index is 3890. The van der Waals surface area contributed by atoms with Gasteiger partial charge >= 0.3 is 0 Å². The normalized spacial score (nSPS) is 12.4. The molecule has 0 amide bonds. The zero-order chi connectivity index (χ0) is 48.7.